The van der Waals surface area contributed by atoms with Crippen LogP contribution in [-0.2, 0) is 5.41 Å². The average Bonchev–Trinajstić information content (AvgIpc) is 2.15. The van der Waals surface area contributed by atoms with Gasteiger partial charge in [-0.2, -0.15) is 8.78 Å². The van der Waals surface area contributed by atoms with E-state index in [0.717, 1.165) is 22.9 Å². The molecule has 0 radical (unpaired) electrons. The van der Waals surface area contributed by atoms with Crippen molar-refractivity contribution < 1.29 is 13.5 Å². The fourth-order valence-corrected chi connectivity index (χ4v) is 2.35. The van der Waals surface area contributed by atoms with E-state index in [1.54, 1.807) is 6.07 Å². The molecule has 1 rings (SSSR count). The third-order valence-corrected chi connectivity index (χ3v) is 3.26. The Hall–Kier alpha value is -0.640. The van der Waals surface area contributed by atoms with E-state index in [9.17, 15) is 8.78 Å². The van der Waals surface area contributed by atoms with Crippen molar-refractivity contribution in [1.82, 2.24) is 0 Å². The van der Waals surface area contributed by atoms with Gasteiger partial charge in [-0.15, -0.1) is 0 Å². The molecule has 0 aromatic heterocycles. The molecule has 96 valence electrons. The Morgan fingerprint density at radius 2 is 2.00 bits per heavy atom. The van der Waals surface area contributed by atoms with Crippen LogP contribution in [0.4, 0.5) is 8.78 Å². The van der Waals surface area contributed by atoms with Crippen LogP contribution < -0.4 is 4.74 Å². The molecule has 0 bridgehead atoms. The third kappa shape index (κ3) is 3.95. The lowest BCUT2D eigenvalue weighted by molar-refractivity contribution is -0.0510. The summed E-state index contributed by atoms with van der Waals surface area (Å²) in [6.45, 7) is 3.37. The predicted molar refractivity (Wildman–Crippen MR) is 68.7 cm³/mol. The minimum absolute atomic E-state index is 0.167. The zero-order valence-electron chi connectivity index (χ0n) is 10.3. The van der Waals surface area contributed by atoms with Gasteiger partial charge < -0.3 is 4.74 Å². The van der Waals surface area contributed by atoms with Crippen LogP contribution in [0.1, 0.15) is 39.2 Å². The maximum absolute atomic E-state index is 12.4. The van der Waals surface area contributed by atoms with Gasteiger partial charge in [-0.1, -0.05) is 49.2 Å². The first kappa shape index (κ1) is 14.4. The summed E-state index contributed by atoms with van der Waals surface area (Å²) in [6.07, 6.45) is 1.92. The fourth-order valence-electron chi connectivity index (χ4n) is 2.01. The Labute approximate surface area is 109 Å². The molecule has 4 heteroatoms. The van der Waals surface area contributed by atoms with Crippen molar-refractivity contribution >= 4 is 15.9 Å². The molecular formula is C13H17BrF2O. The molecule has 17 heavy (non-hydrogen) atoms. The number of alkyl halides is 2. The Morgan fingerprint density at radius 1 is 1.35 bits per heavy atom. The topological polar surface area (TPSA) is 9.23 Å². The quantitative estimate of drug-likeness (QED) is 0.733. The van der Waals surface area contributed by atoms with Crippen LogP contribution >= 0.6 is 15.9 Å². The molecule has 1 aromatic carbocycles. The maximum atomic E-state index is 12.4. The minimum Gasteiger partial charge on any atom is -0.434 e. The summed E-state index contributed by atoms with van der Waals surface area (Å²) in [5.74, 6) is 0.257. The molecule has 0 saturated carbocycles. The first-order valence-electron chi connectivity index (χ1n) is 5.61. The van der Waals surface area contributed by atoms with Crippen molar-refractivity contribution in [2.24, 2.45) is 0 Å². The van der Waals surface area contributed by atoms with Crippen molar-refractivity contribution in [3.8, 4) is 5.75 Å². The van der Waals surface area contributed by atoms with E-state index in [4.69, 9.17) is 0 Å². The lowest BCUT2D eigenvalue weighted by Crippen LogP contribution is -2.19. The van der Waals surface area contributed by atoms with Crippen LogP contribution in [0.5, 0.6) is 5.75 Å². The van der Waals surface area contributed by atoms with Gasteiger partial charge in [0.25, 0.3) is 0 Å². The summed E-state index contributed by atoms with van der Waals surface area (Å²) in [4.78, 5) is 0. The van der Waals surface area contributed by atoms with E-state index < -0.39 is 6.61 Å². The molecule has 0 atom stereocenters. The number of hydrogen-bond acceptors (Lipinski definition) is 1. The van der Waals surface area contributed by atoms with Crippen LogP contribution in [0.25, 0.3) is 0 Å². The van der Waals surface area contributed by atoms with Gasteiger partial charge in [-0.05, 0) is 24.0 Å². The molecule has 1 nitrogen and oxygen atoms in total. The van der Waals surface area contributed by atoms with Gasteiger partial charge in [0, 0.05) is 10.0 Å². The van der Waals surface area contributed by atoms with E-state index in [-0.39, 0.29) is 11.2 Å². The lowest BCUT2D eigenvalue weighted by Gasteiger charge is -2.27. The zero-order valence-corrected chi connectivity index (χ0v) is 11.9. The van der Waals surface area contributed by atoms with Crippen LogP contribution in [0.3, 0.4) is 0 Å². The first-order valence-corrected chi connectivity index (χ1v) is 6.41. The van der Waals surface area contributed by atoms with Crippen LogP contribution in [-0.4, -0.2) is 6.61 Å². The SMILES string of the molecule is CCCC(C)(C)c1ccc(Br)cc1OC(F)F. The maximum Gasteiger partial charge on any atom is 0.387 e. The summed E-state index contributed by atoms with van der Waals surface area (Å²) in [7, 11) is 0. The highest BCUT2D eigenvalue weighted by molar-refractivity contribution is 9.10. The number of rotatable bonds is 5. The first-order chi connectivity index (χ1) is 7.86. The van der Waals surface area contributed by atoms with E-state index in [2.05, 4.69) is 27.6 Å². The molecule has 0 aliphatic carbocycles. The van der Waals surface area contributed by atoms with Crippen molar-refractivity contribution in [2.45, 2.75) is 45.6 Å². The molecule has 0 amide bonds. The lowest BCUT2D eigenvalue weighted by atomic mass is 9.80. The number of ether oxygens (including phenoxy) is 1. The average molecular weight is 307 g/mol. The van der Waals surface area contributed by atoms with E-state index in [1.807, 2.05) is 26.0 Å². The molecule has 1 aromatic rings. The van der Waals surface area contributed by atoms with Crippen LogP contribution in [0.2, 0.25) is 0 Å². The molecule has 0 aliphatic heterocycles. The summed E-state index contributed by atoms with van der Waals surface area (Å²) in [5.41, 5.74) is 0.655. The van der Waals surface area contributed by atoms with Crippen LogP contribution in [0.15, 0.2) is 22.7 Å². The van der Waals surface area contributed by atoms with Crippen molar-refractivity contribution in [3.05, 3.63) is 28.2 Å². The predicted octanol–water partition coefficient (Wildman–Crippen LogP) is 5.13. The molecule has 0 heterocycles. The molecule has 0 N–H and O–H groups in total. The van der Waals surface area contributed by atoms with Gasteiger partial charge >= 0.3 is 6.61 Å². The normalized spacial score (nSPS) is 11.9. The smallest absolute Gasteiger partial charge is 0.387 e. The minimum atomic E-state index is -2.79. The second-order valence-corrected chi connectivity index (χ2v) is 5.57. The largest absolute Gasteiger partial charge is 0.434 e. The Kier molecular flexibility index (Phi) is 4.92. The summed E-state index contributed by atoms with van der Waals surface area (Å²) in [6, 6.07) is 5.29. The van der Waals surface area contributed by atoms with E-state index >= 15 is 0 Å². The fraction of sp³-hybridized carbons (Fsp3) is 0.538. The zero-order chi connectivity index (χ0) is 13.1. The summed E-state index contributed by atoms with van der Waals surface area (Å²) in [5, 5.41) is 0. The number of halogens is 3. The van der Waals surface area contributed by atoms with Crippen molar-refractivity contribution in [1.29, 1.82) is 0 Å². The number of hydrogen-bond donors (Lipinski definition) is 0. The van der Waals surface area contributed by atoms with Gasteiger partial charge in [0.05, 0.1) is 0 Å². The van der Waals surface area contributed by atoms with Gasteiger partial charge in [0.1, 0.15) is 5.75 Å². The second-order valence-electron chi connectivity index (χ2n) is 4.65. The Balaban J connectivity index is 3.13. The van der Waals surface area contributed by atoms with E-state index in [0.29, 0.717) is 0 Å². The van der Waals surface area contributed by atoms with Gasteiger partial charge in [0.15, 0.2) is 0 Å². The monoisotopic (exact) mass is 306 g/mol. The van der Waals surface area contributed by atoms with Crippen molar-refractivity contribution in [3.63, 3.8) is 0 Å². The molecule has 0 aliphatic rings. The molecule has 0 fully saturated rings. The Bertz CT molecular complexity index is 378. The third-order valence-electron chi connectivity index (χ3n) is 2.76. The molecule has 0 unspecified atom stereocenters. The highest BCUT2D eigenvalue weighted by atomic mass is 79.9. The number of benzene rings is 1. The standard InChI is InChI=1S/C13H17BrF2O/c1-4-7-13(2,3)10-6-5-9(14)8-11(10)17-12(15)16/h5-6,8,12H,4,7H2,1-3H3. The van der Waals surface area contributed by atoms with Crippen molar-refractivity contribution in [2.75, 3.05) is 0 Å². The molecule has 0 saturated heterocycles. The molecule has 0 spiro atoms. The Morgan fingerprint density at radius 3 is 2.53 bits per heavy atom. The highest BCUT2D eigenvalue weighted by Gasteiger charge is 2.24. The van der Waals surface area contributed by atoms with Gasteiger partial charge in [0.2, 0.25) is 0 Å². The van der Waals surface area contributed by atoms with Gasteiger partial charge in [-0.25, -0.2) is 0 Å². The second kappa shape index (κ2) is 5.80. The summed E-state index contributed by atoms with van der Waals surface area (Å²) < 4.78 is 30.1. The summed E-state index contributed by atoms with van der Waals surface area (Å²) >= 11 is 3.27. The van der Waals surface area contributed by atoms with Crippen LogP contribution in [0, 0.1) is 0 Å². The molecular weight excluding hydrogens is 290 g/mol. The van der Waals surface area contributed by atoms with E-state index in [1.165, 1.54) is 0 Å². The van der Waals surface area contributed by atoms with Gasteiger partial charge in [-0.3, -0.25) is 0 Å². The highest BCUT2D eigenvalue weighted by Crippen LogP contribution is 2.37.